The maximum atomic E-state index is 14.0. The van der Waals surface area contributed by atoms with Crippen LogP contribution < -0.4 is 14.4 Å². The summed E-state index contributed by atoms with van der Waals surface area (Å²) in [7, 11) is -3.01. The van der Waals surface area contributed by atoms with E-state index in [1.807, 2.05) is 32.0 Å². The van der Waals surface area contributed by atoms with Gasteiger partial charge in [0.1, 0.15) is 18.3 Å². The zero-order chi connectivity index (χ0) is 31.0. The molecule has 1 atom stereocenters. The van der Waals surface area contributed by atoms with Crippen molar-refractivity contribution in [2.24, 2.45) is 5.92 Å². The van der Waals surface area contributed by atoms with Gasteiger partial charge in [0, 0.05) is 24.7 Å². The second kappa shape index (κ2) is 13.9. The third kappa shape index (κ3) is 7.84. The van der Waals surface area contributed by atoms with E-state index < -0.39 is 33.4 Å². The maximum absolute atomic E-state index is 14.0. The third-order valence-corrected chi connectivity index (χ3v) is 8.42. The number of benzene rings is 3. The summed E-state index contributed by atoms with van der Waals surface area (Å²) >= 11 is 0. The molecule has 2 amide bonds. The Morgan fingerprint density at radius 1 is 1.00 bits per heavy atom. The molecular formula is C30H36N4O7S. The molecule has 3 aromatic carbocycles. The Kier molecular flexibility index (Phi) is 10.6. The first-order chi connectivity index (χ1) is 19.8. The fourth-order valence-corrected chi connectivity index (χ4v) is 5.60. The highest BCUT2D eigenvalue weighted by molar-refractivity contribution is 7.92. The van der Waals surface area contributed by atoms with Crippen LogP contribution in [0.15, 0.2) is 77.7 Å². The van der Waals surface area contributed by atoms with E-state index in [1.54, 1.807) is 31.2 Å². The van der Waals surface area contributed by atoms with Crippen LogP contribution in [0.25, 0.3) is 0 Å². The number of carbonyl (C=O) groups excluding carboxylic acids is 2. The Morgan fingerprint density at radius 3 is 2.21 bits per heavy atom. The number of rotatable bonds is 13. The van der Waals surface area contributed by atoms with E-state index in [0.717, 1.165) is 15.9 Å². The van der Waals surface area contributed by atoms with Gasteiger partial charge < -0.3 is 15.0 Å². The van der Waals surface area contributed by atoms with Gasteiger partial charge in [-0.25, -0.2) is 8.42 Å². The minimum atomic E-state index is -4.48. The van der Waals surface area contributed by atoms with E-state index in [2.05, 4.69) is 5.32 Å². The number of nitrogens with one attached hydrogen (secondary N) is 1. The van der Waals surface area contributed by atoms with Crippen LogP contribution in [-0.4, -0.2) is 56.3 Å². The molecular weight excluding hydrogens is 560 g/mol. The lowest BCUT2D eigenvalue weighted by Gasteiger charge is -2.32. The summed E-state index contributed by atoms with van der Waals surface area (Å²) in [4.78, 5) is 38.9. The Balaban J connectivity index is 2.06. The van der Waals surface area contributed by atoms with E-state index in [9.17, 15) is 28.1 Å². The first-order valence-corrected chi connectivity index (χ1v) is 14.8. The van der Waals surface area contributed by atoms with E-state index in [4.69, 9.17) is 4.74 Å². The van der Waals surface area contributed by atoms with Gasteiger partial charge in [0.05, 0.1) is 22.6 Å². The number of nitro groups is 1. The number of hydrogen-bond donors (Lipinski definition) is 1. The Hall–Kier alpha value is -4.45. The van der Waals surface area contributed by atoms with Crippen molar-refractivity contribution < 1.29 is 27.7 Å². The molecule has 11 nitrogen and oxygen atoms in total. The van der Waals surface area contributed by atoms with Crippen LogP contribution in [0.3, 0.4) is 0 Å². The number of anilines is 1. The topological polar surface area (TPSA) is 139 Å². The fourth-order valence-electron chi connectivity index (χ4n) is 4.17. The molecule has 0 aromatic heterocycles. The monoisotopic (exact) mass is 596 g/mol. The average molecular weight is 597 g/mol. The van der Waals surface area contributed by atoms with Gasteiger partial charge in [0.15, 0.2) is 0 Å². The van der Waals surface area contributed by atoms with Crippen LogP contribution in [0, 0.1) is 23.0 Å². The second-order valence-corrected chi connectivity index (χ2v) is 12.1. The highest BCUT2D eigenvalue weighted by Gasteiger charge is 2.33. The second-order valence-electron chi connectivity index (χ2n) is 10.2. The van der Waals surface area contributed by atoms with Crippen molar-refractivity contribution in [1.29, 1.82) is 0 Å². The van der Waals surface area contributed by atoms with Crippen molar-refractivity contribution in [3.63, 3.8) is 0 Å². The zero-order valence-corrected chi connectivity index (χ0v) is 25.1. The van der Waals surface area contributed by atoms with E-state index in [-0.39, 0.29) is 34.6 Å². The molecule has 0 aliphatic rings. The molecule has 42 heavy (non-hydrogen) atoms. The molecule has 0 saturated heterocycles. The molecule has 224 valence electrons. The highest BCUT2D eigenvalue weighted by Crippen LogP contribution is 2.29. The van der Waals surface area contributed by atoms with Crippen LogP contribution in [0.1, 0.15) is 31.9 Å². The lowest BCUT2D eigenvalue weighted by Crippen LogP contribution is -2.51. The summed E-state index contributed by atoms with van der Waals surface area (Å²) in [5, 5.41) is 14.4. The van der Waals surface area contributed by atoms with Gasteiger partial charge in [-0.3, -0.25) is 24.0 Å². The molecule has 0 radical (unpaired) electrons. The van der Waals surface area contributed by atoms with Gasteiger partial charge >= 0.3 is 0 Å². The molecule has 0 fully saturated rings. The van der Waals surface area contributed by atoms with E-state index in [1.165, 1.54) is 43.2 Å². The molecule has 0 saturated carbocycles. The summed E-state index contributed by atoms with van der Waals surface area (Å²) in [5.41, 5.74) is 0.825. The van der Waals surface area contributed by atoms with Crippen molar-refractivity contribution in [3.8, 4) is 5.75 Å². The molecule has 0 unspecified atom stereocenters. The number of hydrogen-bond acceptors (Lipinski definition) is 7. The quantitative estimate of drug-likeness (QED) is 0.229. The standard InChI is InChI=1S/C30H36N4O7S/c1-21(2)18-31-30(36)23(4)32(19-24-9-7-6-8-10-24)29(35)20-33(25-12-14-26(41-5)15-13-25)42(39,40)27-16-11-22(3)28(17-27)34(37)38/h6-17,21,23H,18-20H2,1-5H3,(H,31,36)/t23-/m1/s1. The van der Waals surface area contributed by atoms with Crippen molar-refractivity contribution in [3.05, 3.63) is 94.0 Å². The summed E-state index contributed by atoms with van der Waals surface area (Å²) in [6, 6.07) is 17.8. The Labute approximate surface area is 246 Å². The minimum Gasteiger partial charge on any atom is -0.497 e. The number of aryl methyl sites for hydroxylation is 1. The van der Waals surface area contributed by atoms with Crippen LogP contribution in [0.2, 0.25) is 0 Å². The molecule has 0 bridgehead atoms. The normalized spacial score (nSPS) is 12.0. The summed E-state index contributed by atoms with van der Waals surface area (Å²) < 4.78 is 34.1. The van der Waals surface area contributed by atoms with Gasteiger partial charge in [0.25, 0.3) is 15.7 Å². The Morgan fingerprint density at radius 2 is 1.64 bits per heavy atom. The molecule has 0 spiro atoms. The molecule has 12 heteroatoms. The fraction of sp³-hybridized carbons (Fsp3) is 0.333. The smallest absolute Gasteiger partial charge is 0.273 e. The Bertz CT molecular complexity index is 1510. The van der Waals surface area contributed by atoms with Gasteiger partial charge in [-0.05, 0) is 55.7 Å². The molecule has 3 rings (SSSR count). The maximum Gasteiger partial charge on any atom is 0.273 e. The molecule has 0 aliphatic heterocycles. The third-order valence-electron chi connectivity index (χ3n) is 6.65. The van der Waals surface area contributed by atoms with E-state index in [0.29, 0.717) is 17.9 Å². The number of carbonyl (C=O) groups is 2. The number of sulfonamides is 1. The SMILES string of the molecule is COc1ccc(N(CC(=O)N(Cc2ccccc2)[C@H](C)C(=O)NCC(C)C)S(=O)(=O)c2ccc(C)c([N+](=O)[O-])c2)cc1. The summed E-state index contributed by atoms with van der Waals surface area (Å²) in [5.74, 6) is -0.351. The van der Waals surface area contributed by atoms with Crippen LogP contribution in [-0.2, 0) is 26.2 Å². The first-order valence-electron chi connectivity index (χ1n) is 13.4. The number of methoxy groups -OCH3 is 1. The lowest BCUT2D eigenvalue weighted by atomic mass is 10.1. The average Bonchev–Trinajstić information content (AvgIpc) is 2.97. The van der Waals surface area contributed by atoms with Crippen molar-refractivity contribution in [2.75, 3.05) is 24.5 Å². The van der Waals surface area contributed by atoms with Gasteiger partial charge in [-0.1, -0.05) is 50.2 Å². The van der Waals surface area contributed by atoms with Crippen LogP contribution in [0.4, 0.5) is 11.4 Å². The summed E-state index contributed by atoms with van der Waals surface area (Å²) in [6.07, 6.45) is 0. The van der Waals surface area contributed by atoms with Gasteiger partial charge in [0.2, 0.25) is 11.8 Å². The molecule has 3 aromatic rings. The summed E-state index contributed by atoms with van der Waals surface area (Å²) in [6.45, 7) is 6.80. The predicted molar refractivity (Wildman–Crippen MR) is 160 cm³/mol. The number of amides is 2. The highest BCUT2D eigenvalue weighted by atomic mass is 32.2. The zero-order valence-electron chi connectivity index (χ0n) is 24.3. The largest absolute Gasteiger partial charge is 0.497 e. The van der Waals surface area contributed by atoms with Gasteiger partial charge in [-0.15, -0.1) is 0 Å². The van der Waals surface area contributed by atoms with Crippen LogP contribution >= 0.6 is 0 Å². The number of nitrogens with zero attached hydrogens (tertiary/aromatic N) is 3. The lowest BCUT2D eigenvalue weighted by molar-refractivity contribution is -0.385. The number of nitro benzene ring substituents is 1. The first kappa shape index (κ1) is 32.1. The van der Waals surface area contributed by atoms with E-state index >= 15 is 0 Å². The molecule has 0 aliphatic carbocycles. The van der Waals surface area contributed by atoms with Gasteiger partial charge in [-0.2, -0.15) is 0 Å². The predicted octanol–water partition coefficient (Wildman–Crippen LogP) is 4.30. The van der Waals surface area contributed by atoms with Crippen molar-refractivity contribution >= 4 is 33.2 Å². The van der Waals surface area contributed by atoms with Crippen LogP contribution in [0.5, 0.6) is 5.75 Å². The molecule has 1 N–H and O–H groups in total. The number of ether oxygens (including phenoxy) is 1. The minimum absolute atomic E-state index is 0.0580. The van der Waals surface area contributed by atoms with Crippen molar-refractivity contribution in [1.82, 2.24) is 10.2 Å². The van der Waals surface area contributed by atoms with Crippen molar-refractivity contribution in [2.45, 2.75) is 45.2 Å². The molecule has 0 heterocycles.